The molecule has 4 aliphatic heterocycles. The lowest BCUT2D eigenvalue weighted by Crippen LogP contribution is -2.38. The van der Waals surface area contributed by atoms with Crippen molar-refractivity contribution in [3.05, 3.63) is 35.9 Å². The first-order valence-corrected chi connectivity index (χ1v) is 10.1. The summed E-state index contributed by atoms with van der Waals surface area (Å²) >= 11 is 0. The Labute approximate surface area is 175 Å². The van der Waals surface area contributed by atoms with Crippen molar-refractivity contribution in [2.24, 2.45) is 17.6 Å². The Balaban J connectivity index is 0.00000205. The topological polar surface area (TPSA) is 92.9 Å². The lowest BCUT2D eigenvalue weighted by atomic mass is 9.81. The Morgan fingerprint density at radius 1 is 1.03 bits per heavy atom. The van der Waals surface area contributed by atoms with Crippen LogP contribution in [0, 0.1) is 11.8 Å². The van der Waals surface area contributed by atoms with Gasteiger partial charge in [-0.15, -0.1) is 12.4 Å². The van der Waals surface area contributed by atoms with Gasteiger partial charge in [-0.25, -0.2) is 0 Å². The third-order valence-electron chi connectivity index (χ3n) is 6.87. The minimum atomic E-state index is -0.330. The van der Waals surface area contributed by atoms with E-state index < -0.39 is 0 Å². The van der Waals surface area contributed by atoms with E-state index >= 15 is 0 Å². The van der Waals surface area contributed by atoms with Gasteiger partial charge in [0.05, 0.1) is 24.0 Å². The normalized spacial score (nSPS) is 35.2. The quantitative estimate of drug-likeness (QED) is 0.732. The number of hydrogen-bond acceptors (Lipinski definition) is 5. The summed E-state index contributed by atoms with van der Waals surface area (Å²) in [7, 11) is 0. The van der Waals surface area contributed by atoms with E-state index in [0.29, 0.717) is 13.1 Å². The van der Waals surface area contributed by atoms with Crippen molar-refractivity contribution in [3.8, 4) is 0 Å². The number of hydrogen-bond donors (Lipinski definition) is 1. The number of imide groups is 1. The summed E-state index contributed by atoms with van der Waals surface area (Å²) in [6.45, 7) is 1.24. The maximum Gasteiger partial charge on any atom is 0.235 e. The largest absolute Gasteiger partial charge is 0.373 e. The molecule has 3 amide bonds. The number of likely N-dealkylation sites (tertiary alicyclic amines) is 2. The molecule has 1 aromatic carbocycles. The number of nitrogens with two attached hydrogens (primary N) is 1. The average molecular weight is 420 g/mol. The van der Waals surface area contributed by atoms with Crippen molar-refractivity contribution >= 4 is 30.1 Å². The van der Waals surface area contributed by atoms with E-state index in [1.54, 1.807) is 4.90 Å². The molecule has 4 saturated heterocycles. The summed E-state index contributed by atoms with van der Waals surface area (Å²) in [6, 6.07) is 9.89. The van der Waals surface area contributed by atoms with Crippen LogP contribution in [0.25, 0.3) is 0 Å². The zero-order valence-corrected chi connectivity index (χ0v) is 16.9. The first kappa shape index (κ1) is 20.3. The van der Waals surface area contributed by atoms with Gasteiger partial charge in [-0.05, 0) is 18.4 Å². The maximum atomic E-state index is 12.7. The molecular weight excluding hydrogens is 394 g/mol. The van der Waals surface area contributed by atoms with Crippen LogP contribution < -0.4 is 5.73 Å². The fraction of sp³-hybridized carbons (Fsp3) is 0.571. The van der Waals surface area contributed by atoms with Crippen molar-refractivity contribution in [1.29, 1.82) is 0 Å². The molecule has 0 aromatic heterocycles. The van der Waals surface area contributed by atoms with Crippen LogP contribution in [-0.2, 0) is 19.1 Å². The lowest BCUT2D eigenvalue weighted by molar-refractivity contribution is -0.143. The van der Waals surface area contributed by atoms with E-state index in [-0.39, 0.29) is 79.1 Å². The van der Waals surface area contributed by atoms with Gasteiger partial charge < -0.3 is 15.4 Å². The molecular formula is C21H26ClN3O4. The Bertz CT molecular complexity index is 791. The number of fused-ring (bicyclic) bond motifs is 5. The smallest absolute Gasteiger partial charge is 0.235 e. The first-order valence-electron chi connectivity index (χ1n) is 10.1. The Morgan fingerprint density at radius 2 is 1.66 bits per heavy atom. The summed E-state index contributed by atoms with van der Waals surface area (Å²) in [5.74, 6) is -0.906. The van der Waals surface area contributed by atoms with Gasteiger partial charge in [0.2, 0.25) is 17.7 Å². The third-order valence-corrected chi connectivity index (χ3v) is 6.87. The average Bonchev–Trinajstić information content (AvgIpc) is 3.45. The monoisotopic (exact) mass is 419 g/mol. The van der Waals surface area contributed by atoms with Crippen molar-refractivity contribution in [2.75, 3.05) is 19.6 Å². The molecule has 6 atom stereocenters. The van der Waals surface area contributed by atoms with Gasteiger partial charge in [-0.3, -0.25) is 19.3 Å². The van der Waals surface area contributed by atoms with E-state index in [9.17, 15) is 14.4 Å². The van der Waals surface area contributed by atoms with Crippen LogP contribution in [0.15, 0.2) is 30.3 Å². The minimum absolute atomic E-state index is 0. The van der Waals surface area contributed by atoms with Crippen molar-refractivity contribution in [1.82, 2.24) is 9.80 Å². The Morgan fingerprint density at radius 3 is 2.28 bits per heavy atom. The number of rotatable bonds is 4. The van der Waals surface area contributed by atoms with Gasteiger partial charge in [0.15, 0.2) is 0 Å². The molecule has 0 spiro atoms. The van der Waals surface area contributed by atoms with Crippen LogP contribution in [0.3, 0.4) is 0 Å². The van der Waals surface area contributed by atoms with Crippen LogP contribution in [-0.4, -0.2) is 65.4 Å². The van der Waals surface area contributed by atoms with Gasteiger partial charge in [-0.2, -0.15) is 0 Å². The highest BCUT2D eigenvalue weighted by Gasteiger charge is 2.62. The maximum absolute atomic E-state index is 12.7. The number of ether oxygens (including phenoxy) is 1. The molecule has 4 aliphatic rings. The second-order valence-electron chi connectivity index (χ2n) is 8.40. The van der Waals surface area contributed by atoms with Crippen LogP contribution in [0.4, 0.5) is 0 Å². The molecule has 7 nitrogen and oxygen atoms in total. The van der Waals surface area contributed by atoms with Crippen LogP contribution >= 0.6 is 12.4 Å². The first-order chi connectivity index (χ1) is 13.5. The van der Waals surface area contributed by atoms with Gasteiger partial charge >= 0.3 is 0 Å². The Kier molecular flexibility index (Phi) is 5.40. The number of benzene rings is 1. The van der Waals surface area contributed by atoms with E-state index in [1.807, 2.05) is 30.3 Å². The number of amides is 3. The number of carbonyl (C=O) groups excluding carboxylic acids is 3. The van der Waals surface area contributed by atoms with Crippen molar-refractivity contribution in [2.45, 2.75) is 43.4 Å². The highest BCUT2D eigenvalue weighted by atomic mass is 35.5. The molecule has 156 valence electrons. The highest BCUT2D eigenvalue weighted by Crippen LogP contribution is 2.48. The van der Waals surface area contributed by atoms with Gasteiger partial charge in [0.25, 0.3) is 0 Å². The number of halogens is 1. The summed E-state index contributed by atoms with van der Waals surface area (Å²) in [4.78, 5) is 41.2. The van der Waals surface area contributed by atoms with Crippen molar-refractivity contribution in [3.63, 3.8) is 0 Å². The predicted octanol–water partition coefficient (Wildman–Crippen LogP) is 0.914. The predicted molar refractivity (Wildman–Crippen MR) is 107 cm³/mol. The summed E-state index contributed by atoms with van der Waals surface area (Å²) in [5.41, 5.74) is 7.41. The highest BCUT2D eigenvalue weighted by molar-refractivity contribution is 6.06. The molecule has 8 heteroatoms. The Hall–Kier alpha value is -1.96. The van der Waals surface area contributed by atoms with Crippen LogP contribution in [0.2, 0.25) is 0 Å². The van der Waals surface area contributed by atoms with Gasteiger partial charge in [-0.1, -0.05) is 30.3 Å². The molecule has 0 radical (unpaired) electrons. The van der Waals surface area contributed by atoms with E-state index in [2.05, 4.69) is 0 Å². The molecule has 4 heterocycles. The fourth-order valence-electron chi connectivity index (χ4n) is 5.45. The number of carbonyl (C=O) groups is 3. The standard InChI is InChI=1S/C21H25N3O4.ClH/c22-14-11-23(10-13(14)12-4-2-1-3-5-12)17(25)8-9-24-20(26)18-15-6-7-16(28-15)19(18)21(24)27;/h1-5,13-16,18-19H,6-11,22H2;1H/t13-,14+,15?,16?,18?,19?;/m0./s1. The molecule has 5 rings (SSSR count). The summed E-state index contributed by atoms with van der Waals surface area (Å²) in [5, 5.41) is 0. The molecule has 29 heavy (non-hydrogen) atoms. The zero-order valence-electron chi connectivity index (χ0n) is 16.1. The van der Waals surface area contributed by atoms with Gasteiger partial charge in [0, 0.05) is 38.0 Å². The molecule has 1 aromatic rings. The molecule has 0 aliphatic carbocycles. The molecule has 4 unspecified atom stereocenters. The van der Waals surface area contributed by atoms with E-state index in [4.69, 9.17) is 10.5 Å². The van der Waals surface area contributed by atoms with E-state index in [0.717, 1.165) is 18.4 Å². The van der Waals surface area contributed by atoms with Crippen LogP contribution in [0.1, 0.15) is 30.7 Å². The molecule has 2 bridgehead atoms. The van der Waals surface area contributed by atoms with Gasteiger partial charge in [0.1, 0.15) is 0 Å². The van der Waals surface area contributed by atoms with Crippen molar-refractivity contribution < 1.29 is 19.1 Å². The minimum Gasteiger partial charge on any atom is -0.373 e. The lowest BCUT2D eigenvalue weighted by Gasteiger charge is -2.20. The summed E-state index contributed by atoms with van der Waals surface area (Å²) < 4.78 is 5.74. The summed E-state index contributed by atoms with van der Waals surface area (Å²) in [6.07, 6.45) is 1.63. The molecule has 4 fully saturated rings. The zero-order chi connectivity index (χ0) is 19.4. The molecule has 0 saturated carbocycles. The SMILES string of the molecule is Cl.N[C@@H]1CN(C(=O)CCN2C(=O)C3C4CCC(O4)C3C2=O)C[C@H]1c1ccccc1. The van der Waals surface area contributed by atoms with Crippen LogP contribution in [0.5, 0.6) is 0 Å². The fourth-order valence-corrected chi connectivity index (χ4v) is 5.45. The second-order valence-corrected chi connectivity index (χ2v) is 8.40. The number of nitrogens with zero attached hydrogens (tertiary/aromatic N) is 2. The second kappa shape index (κ2) is 7.70. The third kappa shape index (κ3) is 3.25. The van der Waals surface area contributed by atoms with E-state index in [1.165, 1.54) is 4.90 Å². The molecule has 2 N–H and O–H groups in total.